The predicted molar refractivity (Wildman–Crippen MR) is 72.7 cm³/mol. The molecule has 2 aromatic rings. The average Bonchev–Trinajstić information content (AvgIpc) is 2.78. The minimum atomic E-state index is -0.148. The molecule has 0 spiro atoms. The van der Waals surface area contributed by atoms with Gasteiger partial charge in [-0.25, -0.2) is 5.43 Å². The highest BCUT2D eigenvalue weighted by molar-refractivity contribution is 5.44. The molecule has 1 atom stereocenters. The number of benzene rings is 1. The monoisotopic (exact) mass is 245 g/mol. The van der Waals surface area contributed by atoms with E-state index in [0.717, 1.165) is 11.1 Å². The van der Waals surface area contributed by atoms with Crippen LogP contribution >= 0.6 is 0 Å². The van der Waals surface area contributed by atoms with Crippen LogP contribution in [0.2, 0.25) is 0 Å². The van der Waals surface area contributed by atoms with Crippen molar-refractivity contribution in [2.24, 2.45) is 5.84 Å². The van der Waals surface area contributed by atoms with Crippen molar-refractivity contribution in [3.8, 4) is 0 Å². The molecule has 1 aromatic carbocycles. The third-order valence-corrected chi connectivity index (χ3v) is 3.11. The molecule has 2 rings (SSSR count). The maximum atomic E-state index is 5.82. The summed E-state index contributed by atoms with van der Waals surface area (Å²) in [5, 5.41) is 6.63. The number of hydrazine groups is 1. The third kappa shape index (κ3) is 2.37. The van der Waals surface area contributed by atoms with Gasteiger partial charge in [0, 0.05) is 5.56 Å². The van der Waals surface area contributed by atoms with E-state index < -0.39 is 0 Å². The van der Waals surface area contributed by atoms with Crippen molar-refractivity contribution in [1.82, 2.24) is 15.6 Å². The number of hydrogen-bond donors (Lipinski definition) is 4. The largest absolute Gasteiger partial charge is 0.384 e. The molecule has 0 aliphatic carbocycles. The van der Waals surface area contributed by atoms with Gasteiger partial charge in [-0.2, -0.15) is 5.10 Å². The molecule has 0 aliphatic rings. The first-order valence-electron chi connectivity index (χ1n) is 5.98. The SMILES string of the molecule is CC(C)c1ccc(C(NN)c2cn[nH]c2N)cc1. The fraction of sp³-hybridized carbons (Fsp3) is 0.308. The summed E-state index contributed by atoms with van der Waals surface area (Å²) in [6.45, 7) is 4.34. The van der Waals surface area contributed by atoms with E-state index in [0.29, 0.717) is 11.7 Å². The third-order valence-electron chi connectivity index (χ3n) is 3.11. The summed E-state index contributed by atoms with van der Waals surface area (Å²) in [5.74, 6) is 6.66. The molecule has 6 N–H and O–H groups in total. The van der Waals surface area contributed by atoms with Crippen LogP contribution in [-0.4, -0.2) is 10.2 Å². The average molecular weight is 245 g/mol. The second-order valence-electron chi connectivity index (χ2n) is 4.66. The van der Waals surface area contributed by atoms with E-state index in [9.17, 15) is 0 Å². The molecule has 5 nitrogen and oxygen atoms in total. The lowest BCUT2D eigenvalue weighted by molar-refractivity contribution is 0.638. The zero-order chi connectivity index (χ0) is 13.1. The Morgan fingerprint density at radius 2 is 1.78 bits per heavy atom. The zero-order valence-electron chi connectivity index (χ0n) is 10.6. The zero-order valence-corrected chi connectivity index (χ0v) is 10.6. The van der Waals surface area contributed by atoms with Crippen LogP contribution < -0.4 is 17.0 Å². The summed E-state index contributed by atoms with van der Waals surface area (Å²) < 4.78 is 0. The Hall–Kier alpha value is -1.85. The molecule has 0 amide bonds. The summed E-state index contributed by atoms with van der Waals surface area (Å²) in [4.78, 5) is 0. The maximum Gasteiger partial charge on any atom is 0.124 e. The van der Waals surface area contributed by atoms with Gasteiger partial charge in [-0.1, -0.05) is 38.1 Å². The molecular weight excluding hydrogens is 226 g/mol. The number of H-pyrrole nitrogens is 1. The number of aromatic nitrogens is 2. The van der Waals surface area contributed by atoms with Crippen molar-refractivity contribution in [3.63, 3.8) is 0 Å². The van der Waals surface area contributed by atoms with Crippen molar-refractivity contribution >= 4 is 5.82 Å². The van der Waals surface area contributed by atoms with Crippen molar-refractivity contribution in [1.29, 1.82) is 0 Å². The number of nitrogens with zero attached hydrogens (tertiary/aromatic N) is 1. The fourth-order valence-electron chi connectivity index (χ4n) is 1.97. The first kappa shape index (κ1) is 12.6. The van der Waals surface area contributed by atoms with E-state index in [1.165, 1.54) is 5.56 Å². The van der Waals surface area contributed by atoms with Crippen molar-refractivity contribution in [2.75, 3.05) is 5.73 Å². The van der Waals surface area contributed by atoms with Gasteiger partial charge in [-0.3, -0.25) is 10.9 Å². The van der Waals surface area contributed by atoms with E-state index in [1.807, 2.05) is 0 Å². The molecule has 18 heavy (non-hydrogen) atoms. The Labute approximate surface area is 107 Å². The normalized spacial score (nSPS) is 12.9. The molecule has 0 saturated heterocycles. The smallest absolute Gasteiger partial charge is 0.124 e. The van der Waals surface area contributed by atoms with Crippen molar-refractivity contribution < 1.29 is 0 Å². The Morgan fingerprint density at radius 1 is 1.17 bits per heavy atom. The second kappa shape index (κ2) is 5.20. The fourth-order valence-corrected chi connectivity index (χ4v) is 1.97. The molecule has 5 heteroatoms. The Kier molecular flexibility index (Phi) is 3.64. The Morgan fingerprint density at radius 3 is 2.22 bits per heavy atom. The van der Waals surface area contributed by atoms with Gasteiger partial charge in [0.05, 0.1) is 12.2 Å². The first-order valence-corrected chi connectivity index (χ1v) is 5.98. The molecule has 1 aromatic heterocycles. The molecule has 0 bridgehead atoms. The molecule has 0 fully saturated rings. The van der Waals surface area contributed by atoms with Crippen LogP contribution in [0.4, 0.5) is 5.82 Å². The molecule has 1 heterocycles. The molecule has 0 radical (unpaired) electrons. The lowest BCUT2D eigenvalue weighted by atomic mass is 9.97. The van der Waals surface area contributed by atoms with Gasteiger partial charge >= 0.3 is 0 Å². The highest BCUT2D eigenvalue weighted by Crippen LogP contribution is 2.25. The summed E-state index contributed by atoms with van der Waals surface area (Å²) >= 11 is 0. The highest BCUT2D eigenvalue weighted by atomic mass is 15.2. The van der Waals surface area contributed by atoms with Crippen LogP contribution in [-0.2, 0) is 0 Å². The molecule has 0 saturated carbocycles. The summed E-state index contributed by atoms with van der Waals surface area (Å²) in [7, 11) is 0. The van der Waals surface area contributed by atoms with E-state index in [2.05, 4.69) is 53.7 Å². The van der Waals surface area contributed by atoms with Crippen LogP contribution in [0, 0.1) is 0 Å². The summed E-state index contributed by atoms with van der Waals surface area (Å²) in [6, 6.07) is 8.20. The van der Waals surface area contributed by atoms with Crippen LogP contribution in [0.25, 0.3) is 0 Å². The molecule has 1 unspecified atom stereocenters. The van der Waals surface area contributed by atoms with Gasteiger partial charge < -0.3 is 5.73 Å². The van der Waals surface area contributed by atoms with Gasteiger partial charge in [0.2, 0.25) is 0 Å². The van der Waals surface area contributed by atoms with Gasteiger partial charge in [0.15, 0.2) is 0 Å². The number of anilines is 1. The number of hydrogen-bond acceptors (Lipinski definition) is 4. The van der Waals surface area contributed by atoms with E-state index in [4.69, 9.17) is 11.6 Å². The van der Waals surface area contributed by atoms with Gasteiger partial charge in [0.25, 0.3) is 0 Å². The van der Waals surface area contributed by atoms with Gasteiger partial charge in [-0.05, 0) is 17.0 Å². The van der Waals surface area contributed by atoms with Gasteiger partial charge in [0.1, 0.15) is 5.82 Å². The number of nitrogens with one attached hydrogen (secondary N) is 2. The summed E-state index contributed by atoms with van der Waals surface area (Å²) in [6.07, 6.45) is 1.69. The van der Waals surface area contributed by atoms with E-state index >= 15 is 0 Å². The number of rotatable bonds is 4. The van der Waals surface area contributed by atoms with Crippen LogP contribution in [0.15, 0.2) is 30.5 Å². The quantitative estimate of drug-likeness (QED) is 0.487. The van der Waals surface area contributed by atoms with E-state index in [1.54, 1.807) is 6.20 Å². The minimum Gasteiger partial charge on any atom is -0.384 e. The van der Waals surface area contributed by atoms with Crippen molar-refractivity contribution in [2.45, 2.75) is 25.8 Å². The number of nitrogens with two attached hydrogens (primary N) is 2. The van der Waals surface area contributed by atoms with Crippen molar-refractivity contribution in [3.05, 3.63) is 47.2 Å². The lowest BCUT2D eigenvalue weighted by Crippen LogP contribution is -2.29. The van der Waals surface area contributed by atoms with Crippen LogP contribution in [0.5, 0.6) is 0 Å². The Bertz CT molecular complexity index is 500. The summed E-state index contributed by atoms with van der Waals surface area (Å²) in [5.41, 5.74) is 11.8. The second-order valence-corrected chi connectivity index (χ2v) is 4.66. The predicted octanol–water partition coefficient (Wildman–Crippen LogP) is 1.67. The highest BCUT2D eigenvalue weighted by Gasteiger charge is 2.16. The number of aromatic amines is 1. The number of nitrogen functional groups attached to an aromatic ring is 1. The van der Waals surface area contributed by atoms with Crippen LogP contribution in [0.3, 0.4) is 0 Å². The molecular formula is C13H19N5. The standard InChI is InChI=1S/C13H19N5/c1-8(2)9-3-5-10(6-4-9)12(17-15)11-7-16-18-13(11)14/h3-8,12,17H,15H2,1-2H3,(H3,14,16,18). The molecule has 96 valence electrons. The Balaban J connectivity index is 2.31. The molecule has 0 aliphatic heterocycles. The first-order chi connectivity index (χ1) is 8.63. The topological polar surface area (TPSA) is 92.7 Å². The lowest BCUT2D eigenvalue weighted by Gasteiger charge is -2.16. The van der Waals surface area contributed by atoms with Crippen LogP contribution in [0.1, 0.15) is 42.5 Å². The van der Waals surface area contributed by atoms with Gasteiger partial charge in [-0.15, -0.1) is 0 Å². The maximum absolute atomic E-state index is 5.82. The minimum absolute atomic E-state index is 0.148. The van der Waals surface area contributed by atoms with E-state index in [-0.39, 0.29) is 6.04 Å².